The average Bonchev–Trinajstić information content (AvgIpc) is 3.36. The van der Waals surface area contributed by atoms with Gasteiger partial charge in [-0.3, -0.25) is 4.79 Å². The second-order valence-electron chi connectivity index (χ2n) is 6.46. The Labute approximate surface area is 167 Å². The van der Waals surface area contributed by atoms with Crippen molar-refractivity contribution in [1.29, 1.82) is 0 Å². The van der Waals surface area contributed by atoms with Crippen molar-refractivity contribution in [3.8, 4) is 11.4 Å². The van der Waals surface area contributed by atoms with Crippen LogP contribution in [0.4, 0.5) is 5.69 Å². The summed E-state index contributed by atoms with van der Waals surface area (Å²) in [5, 5.41) is 18.5. The Bertz CT molecular complexity index is 1160. The Morgan fingerprint density at radius 2 is 1.83 bits per heavy atom. The lowest BCUT2D eigenvalue weighted by molar-refractivity contribution is -0.111. The van der Waals surface area contributed by atoms with E-state index < -0.39 is 0 Å². The van der Waals surface area contributed by atoms with Crippen LogP contribution >= 0.6 is 0 Å². The lowest BCUT2D eigenvalue weighted by Crippen LogP contribution is -2.08. The van der Waals surface area contributed by atoms with Gasteiger partial charge in [0.25, 0.3) is 0 Å². The first-order chi connectivity index (χ1) is 14.1. The first kappa shape index (κ1) is 18.3. The Morgan fingerprint density at radius 1 is 1.03 bits per heavy atom. The van der Waals surface area contributed by atoms with E-state index in [9.17, 15) is 4.79 Å². The van der Waals surface area contributed by atoms with Crippen molar-refractivity contribution >= 4 is 17.7 Å². The normalized spacial score (nSPS) is 11.1. The van der Waals surface area contributed by atoms with Crippen molar-refractivity contribution in [1.82, 2.24) is 30.0 Å². The van der Waals surface area contributed by atoms with Gasteiger partial charge in [0.2, 0.25) is 5.91 Å². The first-order valence-electron chi connectivity index (χ1n) is 9.06. The summed E-state index contributed by atoms with van der Waals surface area (Å²) < 4.78 is 3.40. The molecule has 0 saturated carbocycles. The van der Waals surface area contributed by atoms with E-state index in [1.54, 1.807) is 12.1 Å². The number of rotatable bonds is 5. The molecule has 8 heteroatoms. The van der Waals surface area contributed by atoms with Crippen molar-refractivity contribution in [3.05, 3.63) is 84.0 Å². The molecule has 1 amide bonds. The highest BCUT2D eigenvalue weighted by Crippen LogP contribution is 2.19. The second-order valence-corrected chi connectivity index (χ2v) is 6.46. The standard InChI is InChI=1S/C21H19N7O/c1-15-20(16(2)28(24-15)18-8-4-3-5-9-18)11-12-21(29)23-17-7-6-10-19(13-17)27-14-22-25-26-27/h3-14H,1-2H3,(H,23,29)/b12-11+. The number of para-hydroxylation sites is 1. The van der Waals surface area contributed by atoms with Crippen molar-refractivity contribution in [3.63, 3.8) is 0 Å². The van der Waals surface area contributed by atoms with E-state index in [1.807, 2.05) is 67.1 Å². The molecule has 4 rings (SSSR count). The van der Waals surface area contributed by atoms with Crippen LogP contribution in [0.3, 0.4) is 0 Å². The number of carbonyl (C=O) groups excluding carboxylic acids is 1. The topological polar surface area (TPSA) is 90.5 Å². The molecule has 0 aliphatic rings. The molecule has 0 spiro atoms. The van der Waals surface area contributed by atoms with Gasteiger partial charge in [-0.2, -0.15) is 5.10 Å². The molecule has 0 atom stereocenters. The monoisotopic (exact) mass is 385 g/mol. The van der Waals surface area contributed by atoms with E-state index in [0.29, 0.717) is 5.69 Å². The van der Waals surface area contributed by atoms with Gasteiger partial charge in [-0.15, -0.1) is 5.10 Å². The van der Waals surface area contributed by atoms with Crippen LogP contribution in [0.5, 0.6) is 0 Å². The van der Waals surface area contributed by atoms with Gasteiger partial charge in [0.15, 0.2) is 0 Å². The van der Waals surface area contributed by atoms with Crippen LogP contribution in [0.2, 0.25) is 0 Å². The molecule has 0 fully saturated rings. The number of nitrogens with one attached hydrogen (secondary N) is 1. The molecule has 8 nitrogen and oxygen atoms in total. The van der Waals surface area contributed by atoms with Gasteiger partial charge in [0.1, 0.15) is 6.33 Å². The van der Waals surface area contributed by atoms with Gasteiger partial charge in [-0.25, -0.2) is 9.36 Å². The number of carbonyl (C=O) groups is 1. The molecular formula is C21H19N7O. The summed E-state index contributed by atoms with van der Waals surface area (Å²) >= 11 is 0. The zero-order valence-electron chi connectivity index (χ0n) is 16.0. The van der Waals surface area contributed by atoms with E-state index in [0.717, 1.165) is 28.3 Å². The molecule has 0 saturated heterocycles. The molecule has 4 aromatic rings. The number of hydrogen-bond acceptors (Lipinski definition) is 5. The van der Waals surface area contributed by atoms with Crippen LogP contribution in [0, 0.1) is 13.8 Å². The highest BCUT2D eigenvalue weighted by molar-refractivity contribution is 6.02. The Balaban J connectivity index is 1.51. The number of hydrogen-bond donors (Lipinski definition) is 1. The second kappa shape index (κ2) is 7.89. The highest BCUT2D eigenvalue weighted by Gasteiger charge is 2.11. The zero-order chi connectivity index (χ0) is 20.2. The zero-order valence-corrected chi connectivity index (χ0v) is 16.0. The summed E-state index contributed by atoms with van der Waals surface area (Å²) in [5.41, 5.74) is 5.14. The summed E-state index contributed by atoms with van der Waals surface area (Å²) in [6.07, 6.45) is 4.80. The fraction of sp³-hybridized carbons (Fsp3) is 0.0952. The van der Waals surface area contributed by atoms with Gasteiger partial charge >= 0.3 is 0 Å². The van der Waals surface area contributed by atoms with Crippen LogP contribution < -0.4 is 5.32 Å². The molecule has 0 aliphatic carbocycles. The molecule has 0 aliphatic heterocycles. The predicted molar refractivity (Wildman–Crippen MR) is 110 cm³/mol. The van der Waals surface area contributed by atoms with E-state index >= 15 is 0 Å². The minimum atomic E-state index is -0.231. The molecule has 0 radical (unpaired) electrons. The van der Waals surface area contributed by atoms with Crippen molar-refractivity contribution in [2.24, 2.45) is 0 Å². The van der Waals surface area contributed by atoms with Crippen LogP contribution in [0.1, 0.15) is 17.0 Å². The van der Waals surface area contributed by atoms with E-state index in [4.69, 9.17) is 0 Å². The highest BCUT2D eigenvalue weighted by atomic mass is 16.1. The molecule has 1 N–H and O–H groups in total. The number of aromatic nitrogens is 6. The summed E-state index contributed by atoms with van der Waals surface area (Å²) in [5.74, 6) is -0.231. The lowest BCUT2D eigenvalue weighted by atomic mass is 10.2. The molecule has 0 unspecified atom stereocenters. The number of tetrazole rings is 1. The number of nitrogens with zero attached hydrogens (tertiary/aromatic N) is 6. The molecule has 2 aromatic heterocycles. The third-order valence-electron chi connectivity index (χ3n) is 4.48. The summed E-state index contributed by atoms with van der Waals surface area (Å²) in [4.78, 5) is 12.4. The lowest BCUT2D eigenvalue weighted by Gasteiger charge is -2.05. The number of benzene rings is 2. The van der Waals surface area contributed by atoms with Crippen LogP contribution in [-0.4, -0.2) is 35.9 Å². The number of anilines is 1. The molecule has 29 heavy (non-hydrogen) atoms. The van der Waals surface area contributed by atoms with Crippen LogP contribution in [0.25, 0.3) is 17.5 Å². The smallest absolute Gasteiger partial charge is 0.248 e. The average molecular weight is 385 g/mol. The Hall–Kier alpha value is -4.07. The van der Waals surface area contributed by atoms with Gasteiger partial charge < -0.3 is 5.32 Å². The van der Waals surface area contributed by atoms with Gasteiger partial charge in [0.05, 0.1) is 17.1 Å². The molecule has 144 valence electrons. The van der Waals surface area contributed by atoms with Crippen LogP contribution in [-0.2, 0) is 4.79 Å². The van der Waals surface area contributed by atoms with Crippen LogP contribution in [0.15, 0.2) is 67.0 Å². The maximum atomic E-state index is 12.4. The molecular weight excluding hydrogens is 366 g/mol. The van der Waals surface area contributed by atoms with Gasteiger partial charge in [0, 0.05) is 23.0 Å². The maximum absolute atomic E-state index is 12.4. The minimum Gasteiger partial charge on any atom is -0.322 e. The molecule has 0 bridgehead atoms. The Kier molecular flexibility index (Phi) is 4.98. The summed E-state index contributed by atoms with van der Waals surface area (Å²) in [6, 6.07) is 17.2. The number of amides is 1. The van der Waals surface area contributed by atoms with E-state index in [-0.39, 0.29) is 5.91 Å². The predicted octanol–water partition coefficient (Wildman–Crippen LogP) is 3.12. The third-order valence-corrected chi connectivity index (χ3v) is 4.48. The fourth-order valence-corrected chi connectivity index (χ4v) is 3.07. The van der Waals surface area contributed by atoms with Gasteiger partial charge in [-0.1, -0.05) is 24.3 Å². The summed E-state index contributed by atoms with van der Waals surface area (Å²) in [6.45, 7) is 3.92. The van der Waals surface area contributed by atoms with E-state index in [1.165, 1.54) is 17.1 Å². The fourth-order valence-electron chi connectivity index (χ4n) is 3.07. The quantitative estimate of drug-likeness (QED) is 0.533. The maximum Gasteiger partial charge on any atom is 0.248 e. The molecule has 2 aromatic carbocycles. The van der Waals surface area contributed by atoms with Crippen molar-refractivity contribution in [2.75, 3.05) is 5.32 Å². The first-order valence-corrected chi connectivity index (χ1v) is 9.06. The summed E-state index contributed by atoms with van der Waals surface area (Å²) in [7, 11) is 0. The minimum absolute atomic E-state index is 0.231. The largest absolute Gasteiger partial charge is 0.322 e. The van der Waals surface area contributed by atoms with Gasteiger partial charge in [-0.05, 0) is 60.7 Å². The molecule has 2 heterocycles. The van der Waals surface area contributed by atoms with E-state index in [2.05, 4.69) is 25.9 Å². The van der Waals surface area contributed by atoms with Crippen molar-refractivity contribution in [2.45, 2.75) is 13.8 Å². The number of aryl methyl sites for hydroxylation is 1. The third kappa shape index (κ3) is 3.96. The Morgan fingerprint density at radius 3 is 2.59 bits per heavy atom. The van der Waals surface area contributed by atoms with Crippen molar-refractivity contribution < 1.29 is 4.79 Å². The SMILES string of the molecule is Cc1nn(-c2ccccc2)c(C)c1/C=C/C(=O)Nc1cccc(-n2cnnn2)c1.